The molecule has 2 unspecified atom stereocenters. The molecule has 0 spiro atoms. The molecule has 144 valence electrons. The van der Waals surface area contributed by atoms with E-state index in [-0.39, 0.29) is 18.0 Å². The molecule has 2 saturated heterocycles. The number of hydrogen-bond donors (Lipinski definition) is 2. The third kappa shape index (κ3) is 5.43. The van der Waals surface area contributed by atoms with Gasteiger partial charge in [0.25, 0.3) is 0 Å². The van der Waals surface area contributed by atoms with E-state index in [0.717, 1.165) is 32.0 Å². The Labute approximate surface area is 156 Å². The van der Waals surface area contributed by atoms with Crippen molar-refractivity contribution in [1.82, 2.24) is 15.5 Å². The molecule has 0 saturated carbocycles. The van der Waals surface area contributed by atoms with E-state index in [1.807, 2.05) is 12.1 Å². The minimum Gasteiger partial charge on any atom is -0.497 e. The highest BCUT2D eigenvalue weighted by atomic mass is 16.5. The number of rotatable bonds is 7. The lowest BCUT2D eigenvalue weighted by Gasteiger charge is -2.35. The van der Waals surface area contributed by atoms with Crippen LogP contribution in [0.4, 0.5) is 0 Å². The molecule has 1 aromatic rings. The lowest BCUT2D eigenvalue weighted by Crippen LogP contribution is -2.45. The number of methoxy groups -OCH3 is 1. The van der Waals surface area contributed by atoms with Gasteiger partial charge in [0.1, 0.15) is 5.75 Å². The van der Waals surface area contributed by atoms with E-state index in [0.29, 0.717) is 19.6 Å². The number of ether oxygens (including phenoxy) is 2. The fourth-order valence-electron chi connectivity index (χ4n) is 3.77. The highest BCUT2D eigenvalue weighted by Gasteiger charge is 2.24. The molecule has 1 amide bonds. The Bertz CT molecular complexity index is 552. The van der Waals surface area contributed by atoms with Gasteiger partial charge in [0.15, 0.2) is 0 Å². The van der Waals surface area contributed by atoms with E-state index in [2.05, 4.69) is 27.7 Å². The van der Waals surface area contributed by atoms with Crippen LogP contribution in [0.2, 0.25) is 0 Å². The Kier molecular flexibility index (Phi) is 7.29. The van der Waals surface area contributed by atoms with Crippen molar-refractivity contribution in [3.63, 3.8) is 0 Å². The predicted octanol–water partition coefficient (Wildman–Crippen LogP) is 1.72. The molecule has 0 aliphatic carbocycles. The number of benzene rings is 1. The molecule has 2 fully saturated rings. The van der Waals surface area contributed by atoms with Gasteiger partial charge >= 0.3 is 0 Å². The topological polar surface area (TPSA) is 62.8 Å². The number of carbonyl (C=O) groups is 1. The first-order valence-corrected chi connectivity index (χ1v) is 9.72. The number of piperidine rings is 1. The summed E-state index contributed by atoms with van der Waals surface area (Å²) in [4.78, 5) is 14.9. The predicted molar refractivity (Wildman–Crippen MR) is 101 cm³/mol. The molecule has 2 aliphatic rings. The zero-order chi connectivity index (χ0) is 18.2. The molecular formula is C20H31N3O3. The van der Waals surface area contributed by atoms with Gasteiger partial charge in [0, 0.05) is 25.6 Å². The maximum Gasteiger partial charge on any atom is 0.221 e. The quantitative estimate of drug-likeness (QED) is 0.774. The zero-order valence-corrected chi connectivity index (χ0v) is 15.7. The van der Waals surface area contributed by atoms with E-state index in [9.17, 15) is 4.79 Å². The normalized spacial score (nSPS) is 22.6. The lowest BCUT2D eigenvalue weighted by molar-refractivity contribution is -0.122. The summed E-state index contributed by atoms with van der Waals surface area (Å²) in [5.41, 5.74) is 1.23. The van der Waals surface area contributed by atoms with Gasteiger partial charge in [-0.2, -0.15) is 0 Å². The summed E-state index contributed by atoms with van der Waals surface area (Å²) >= 11 is 0. The number of hydrogen-bond acceptors (Lipinski definition) is 5. The van der Waals surface area contributed by atoms with Crippen molar-refractivity contribution in [2.45, 2.75) is 37.8 Å². The van der Waals surface area contributed by atoms with Crippen molar-refractivity contribution in [3.05, 3.63) is 29.8 Å². The minimum atomic E-state index is 0.0866. The number of nitrogens with zero attached hydrogens (tertiary/aromatic N) is 1. The van der Waals surface area contributed by atoms with E-state index >= 15 is 0 Å². The third-order valence-electron chi connectivity index (χ3n) is 5.25. The summed E-state index contributed by atoms with van der Waals surface area (Å²) in [5.74, 6) is 0.946. The molecule has 2 N–H and O–H groups in total. The van der Waals surface area contributed by atoms with Crippen LogP contribution in [0.3, 0.4) is 0 Å². The van der Waals surface area contributed by atoms with Crippen molar-refractivity contribution in [2.75, 3.05) is 46.5 Å². The first-order chi connectivity index (χ1) is 12.8. The van der Waals surface area contributed by atoms with Crippen molar-refractivity contribution < 1.29 is 14.3 Å². The average molecular weight is 361 g/mol. The fraction of sp³-hybridized carbons (Fsp3) is 0.650. The van der Waals surface area contributed by atoms with Crippen molar-refractivity contribution in [3.8, 4) is 5.75 Å². The highest BCUT2D eigenvalue weighted by Crippen LogP contribution is 2.25. The minimum absolute atomic E-state index is 0.0866. The van der Waals surface area contributed by atoms with Gasteiger partial charge in [0.2, 0.25) is 5.91 Å². The van der Waals surface area contributed by atoms with E-state index < -0.39 is 0 Å². The van der Waals surface area contributed by atoms with Crippen LogP contribution in [0.5, 0.6) is 5.75 Å². The molecular weight excluding hydrogens is 330 g/mol. The maximum absolute atomic E-state index is 12.4. The summed E-state index contributed by atoms with van der Waals surface area (Å²) in [6.45, 7) is 4.97. The number of nitrogens with one attached hydrogen (secondary N) is 2. The second kappa shape index (κ2) is 9.90. The first-order valence-electron chi connectivity index (χ1n) is 9.72. The van der Waals surface area contributed by atoms with E-state index in [4.69, 9.17) is 9.47 Å². The monoisotopic (exact) mass is 361 g/mol. The van der Waals surface area contributed by atoms with Crippen LogP contribution >= 0.6 is 0 Å². The maximum atomic E-state index is 12.4. The molecule has 6 heteroatoms. The SMILES string of the molecule is COc1ccc(C(CNC(=O)CC2COCCN2)N2CCCCC2)cc1. The van der Waals surface area contributed by atoms with Crippen molar-refractivity contribution in [2.24, 2.45) is 0 Å². The smallest absolute Gasteiger partial charge is 0.221 e. The second-order valence-electron chi connectivity index (χ2n) is 7.12. The third-order valence-corrected chi connectivity index (χ3v) is 5.25. The molecule has 0 bridgehead atoms. The van der Waals surface area contributed by atoms with Crippen molar-refractivity contribution >= 4 is 5.91 Å². The summed E-state index contributed by atoms with van der Waals surface area (Å²) in [6.07, 6.45) is 4.22. The van der Waals surface area contributed by atoms with Crippen LogP contribution in [0.1, 0.15) is 37.3 Å². The molecule has 6 nitrogen and oxygen atoms in total. The van der Waals surface area contributed by atoms with Gasteiger partial charge in [-0.3, -0.25) is 9.69 Å². The van der Waals surface area contributed by atoms with Crippen molar-refractivity contribution in [1.29, 1.82) is 0 Å². The van der Waals surface area contributed by atoms with Gasteiger partial charge in [-0.05, 0) is 43.6 Å². The van der Waals surface area contributed by atoms with Gasteiger partial charge in [-0.1, -0.05) is 18.6 Å². The Hall–Kier alpha value is -1.63. The number of carbonyl (C=O) groups excluding carboxylic acids is 1. The Morgan fingerprint density at radius 3 is 2.73 bits per heavy atom. The van der Waals surface area contributed by atoms with Crippen LogP contribution in [-0.2, 0) is 9.53 Å². The summed E-state index contributed by atoms with van der Waals surface area (Å²) in [5, 5.41) is 6.48. The van der Waals surface area contributed by atoms with Gasteiger partial charge in [0.05, 0.1) is 26.4 Å². The fourth-order valence-corrected chi connectivity index (χ4v) is 3.77. The molecule has 2 atom stereocenters. The summed E-state index contributed by atoms with van der Waals surface area (Å²) < 4.78 is 10.7. The van der Waals surface area contributed by atoms with Gasteiger partial charge < -0.3 is 20.1 Å². The van der Waals surface area contributed by atoms with E-state index in [1.54, 1.807) is 7.11 Å². The molecule has 0 radical (unpaired) electrons. The molecule has 1 aromatic carbocycles. The average Bonchev–Trinajstić information content (AvgIpc) is 2.70. The lowest BCUT2D eigenvalue weighted by atomic mass is 10.0. The molecule has 2 aliphatic heterocycles. The highest BCUT2D eigenvalue weighted by molar-refractivity contribution is 5.76. The second-order valence-corrected chi connectivity index (χ2v) is 7.12. The van der Waals surface area contributed by atoms with Crippen LogP contribution in [0, 0.1) is 0 Å². The summed E-state index contributed by atoms with van der Waals surface area (Å²) in [6, 6.07) is 8.55. The first kappa shape index (κ1) is 19.1. The summed E-state index contributed by atoms with van der Waals surface area (Å²) in [7, 11) is 1.68. The Balaban J connectivity index is 1.59. The molecule has 2 heterocycles. The van der Waals surface area contributed by atoms with Gasteiger partial charge in [-0.25, -0.2) is 0 Å². The van der Waals surface area contributed by atoms with E-state index in [1.165, 1.54) is 24.8 Å². The van der Waals surface area contributed by atoms with Gasteiger partial charge in [-0.15, -0.1) is 0 Å². The van der Waals surface area contributed by atoms with Crippen LogP contribution in [0.25, 0.3) is 0 Å². The largest absolute Gasteiger partial charge is 0.497 e. The van der Waals surface area contributed by atoms with Crippen LogP contribution < -0.4 is 15.4 Å². The molecule has 3 rings (SSSR count). The Morgan fingerprint density at radius 2 is 2.08 bits per heavy atom. The zero-order valence-electron chi connectivity index (χ0n) is 15.7. The molecule has 0 aromatic heterocycles. The molecule has 26 heavy (non-hydrogen) atoms. The number of likely N-dealkylation sites (tertiary alicyclic amines) is 1. The van der Waals surface area contributed by atoms with Crippen LogP contribution in [-0.4, -0.2) is 63.4 Å². The number of amides is 1. The van der Waals surface area contributed by atoms with Crippen LogP contribution in [0.15, 0.2) is 24.3 Å². The standard InChI is InChI=1S/C20H31N3O3/c1-25-18-7-5-16(6-8-18)19(23-10-3-2-4-11-23)14-22-20(24)13-17-15-26-12-9-21-17/h5-8,17,19,21H,2-4,9-15H2,1H3,(H,22,24). The number of morpholine rings is 1. The Morgan fingerprint density at radius 1 is 1.31 bits per heavy atom.